The Labute approximate surface area is 222 Å². The average molecular weight is 578 g/mol. The van der Waals surface area contributed by atoms with Crippen molar-refractivity contribution in [3.8, 4) is 0 Å². The van der Waals surface area contributed by atoms with E-state index in [4.69, 9.17) is 4.99 Å². The number of guanidine groups is 1. The third-order valence-electron chi connectivity index (χ3n) is 5.96. The highest BCUT2D eigenvalue weighted by Crippen LogP contribution is 2.14. The van der Waals surface area contributed by atoms with E-state index in [9.17, 15) is 4.79 Å². The fourth-order valence-corrected chi connectivity index (χ4v) is 4.02. The molecule has 186 valence electrons. The van der Waals surface area contributed by atoms with Crippen LogP contribution in [0.3, 0.4) is 0 Å². The molecule has 0 unspecified atom stereocenters. The van der Waals surface area contributed by atoms with Crippen molar-refractivity contribution in [1.29, 1.82) is 0 Å². The largest absolute Gasteiger partial charge is 0.357 e. The van der Waals surface area contributed by atoms with E-state index in [0.717, 1.165) is 31.2 Å². The fourth-order valence-electron chi connectivity index (χ4n) is 4.02. The summed E-state index contributed by atoms with van der Waals surface area (Å²) < 4.78 is 0. The van der Waals surface area contributed by atoms with E-state index < -0.39 is 0 Å². The number of hydrogen-bond donors (Lipinski definition) is 2. The maximum atomic E-state index is 12.0. The van der Waals surface area contributed by atoms with Crippen molar-refractivity contribution in [2.75, 3.05) is 33.7 Å². The number of benzene rings is 2. The smallest absolute Gasteiger partial charge is 0.253 e. The number of nitrogens with one attached hydrogen (secondary N) is 2. The molecule has 0 spiro atoms. The molecule has 0 bridgehead atoms. The quantitative estimate of drug-likeness (QED) is 0.273. The molecule has 0 aromatic heterocycles. The van der Waals surface area contributed by atoms with E-state index >= 15 is 0 Å². The Balaban J connectivity index is 0.00000408. The highest BCUT2D eigenvalue weighted by molar-refractivity contribution is 14.0. The number of carbonyl (C=O) groups excluding carboxylic acids is 1. The summed E-state index contributed by atoms with van der Waals surface area (Å²) in [6.45, 7) is 7.65. The van der Waals surface area contributed by atoms with Crippen LogP contribution in [0.15, 0.2) is 53.5 Å². The van der Waals surface area contributed by atoms with Gasteiger partial charge in [-0.15, -0.1) is 24.0 Å². The van der Waals surface area contributed by atoms with Crippen LogP contribution < -0.4 is 10.6 Å². The summed E-state index contributed by atoms with van der Waals surface area (Å²) in [5.41, 5.74) is 4.39. The summed E-state index contributed by atoms with van der Waals surface area (Å²) in [7, 11) is 3.52. The van der Waals surface area contributed by atoms with Crippen LogP contribution in [0.1, 0.15) is 59.7 Å². The second kappa shape index (κ2) is 15.0. The Morgan fingerprint density at radius 2 is 1.47 bits per heavy atom. The van der Waals surface area contributed by atoms with Gasteiger partial charge in [0.1, 0.15) is 0 Å². The lowest BCUT2D eigenvalue weighted by Gasteiger charge is -2.20. The topological polar surface area (TPSA) is 60.0 Å². The lowest BCUT2D eigenvalue weighted by atomic mass is 10.1. The summed E-state index contributed by atoms with van der Waals surface area (Å²) in [5, 5.41) is 6.74. The molecular formula is C27H40IN5O. The van der Waals surface area contributed by atoms with Gasteiger partial charge in [0.2, 0.25) is 0 Å². The number of halogens is 1. The van der Waals surface area contributed by atoms with Crippen molar-refractivity contribution in [2.24, 2.45) is 4.99 Å². The third-order valence-corrected chi connectivity index (χ3v) is 5.96. The van der Waals surface area contributed by atoms with Crippen molar-refractivity contribution < 1.29 is 4.79 Å². The second-order valence-corrected chi connectivity index (χ2v) is 8.95. The van der Waals surface area contributed by atoms with Crippen molar-refractivity contribution in [2.45, 2.75) is 52.2 Å². The standard InChI is InChI=1S/C27H39N5O.HI/c1-4-28-27(30-20-23-13-15-25(16-14-23)26(33)31(2)3)29-19-22-9-11-24(12-10-22)21-32-17-7-5-6-8-18-32;/h9-16H,4-8,17-21H2,1-3H3,(H2,28,29,30);1H. The first-order valence-electron chi connectivity index (χ1n) is 12.2. The molecule has 1 heterocycles. The van der Waals surface area contributed by atoms with Gasteiger partial charge in [-0.1, -0.05) is 49.2 Å². The molecule has 2 aromatic carbocycles. The molecule has 1 aliphatic rings. The van der Waals surface area contributed by atoms with Gasteiger partial charge in [-0.2, -0.15) is 0 Å². The van der Waals surface area contributed by atoms with Crippen LogP contribution in [0, 0.1) is 0 Å². The molecule has 1 fully saturated rings. The third kappa shape index (κ3) is 9.25. The number of carbonyl (C=O) groups is 1. The van der Waals surface area contributed by atoms with Crippen LogP contribution in [0.5, 0.6) is 0 Å². The molecule has 2 aromatic rings. The van der Waals surface area contributed by atoms with E-state index in [1.807, 2.05) is 24.3 Å². The molecule has 0 aliphatic carbocycles. The predicted molar refractivity (Wildman–Crippen MR) is 152 cm³/mol. The zero-order valence-electron chi connectivity index (χ0n) is 20.8. The molecule has 0 atom stereocenters. The molecule has 34 heavy (non-hydrogen) atoms. The lowest BCUT2D eigenvalue weighted by molar-refractivity contribution is 0.0827. The van der Waals surface area contributed by atoms with Gasteiger partial charge in [-0.25, -0.2) is 4.99 Å². The summed E-state index contributed by atoms with van der Waals surface area (Å²) in [6.07, 6.45) is 5.40. The Morgan fingerprint density at radius 3 is 2.06 bits per heavy atom. The molecule has 2 N–H and O–H groups in total. The van der Waals surface area contributed by atoms with Gasteiger partial charge in [-0.3, -0.25) is 9.69 Å². The van der Waals surface area contributed by atoms with E-state index in [1.54, 1.807) is 19.0 Å². The van der Waals surface area contributed by atoms with Crippen molar-refractivity contribution in [3.63, 3.8) is 0 Å². The predicted octanol–water partition coefficient (Wildman–Crippen LogP) is 4.64. The zero-order valence-corrected chi connectivity index (χ0v) is 23.2. The molecule has 1 saturated heterocycles. The molecule has 1 amide bonds. The summed E-state index contributed by atoms with van der Waals surface area (Å²) in [6, 6.07) is 16.6. The number of aliphatic imine (C=N–C) groups is 1. The molecular weight excluding hydrogens is 537 g/mol. The van der Waals surface area contributed by atoms with E-state index in [0.29, 0.717) is 12.1 Å². The molecule has 0 radical (unpaired) electrons. The van der Waals surface area contributed by atoms with Crippen LogP contribution in [0.2, 0.25) is 0 Å². The maximum Gasteiger partial charge on any atom is 0.253 e. The van der Waals surface area contributed by atoms with Crippen LogP contribution in [0.4, 0.5) is 0 Å². The maximum absolute atomic E-state index is 12.0. The summed E-state index contributed by atoms with van der Waals surface area (Å²) >= 11 is 0. The number of nitrogens with zero attached hydrogens (tertiary/aromatic N) is 3. The monoisotopic (exact) mass is 577 g/mol. The van der Waals surface area contributed by atoms with Crippen LogP contribution >= 0.6 is 24.0 Å². The van der Waals surface area contributed by atoms with Gasteiger partial charge in [0.15, 0.2) is 5.96 Å². The average Bonchev–Trinajstić information content (AvgIpc) is 3.10. The lowest BCUT2D eigenvalue weighted by Crippen LogP contribution is -2.36. The van der Waals surface area contributed by atoms with Crippen LogP contribution in [-0.2, 0) is 19.6 Å². The van der Waals surface area contributed by atoms with Crippen molar-refractivity contribution in [3.05, 3.63) is 70.8 Å². The van der Waals surface area contributed by atoms with Gasteiger partial charge in [0, 0.05) is 39.3 Å². The Morgan fingerprint density at radius 1 is 0.882 bits per heavy atom. The highest BCUT2D eigenvalue weighted by atomic mass is 127. The van der Waals surface area contributed by atoms with Gasteiger partial charge < -0.3 is 15.5 Å². The van der Waals surface area contributed by atoms with Gasteiger partial charge >= 0.3 is 0 Å². The minimum Gasteiger partial charge on any atom is -0.357 e. The molecule has 6 nitrogen and oxygen atoms in total. The highest BCUT2D eigenvalue weighted by Gasteiger charge is 2.10. The Kier molecular flexibility index (Phi) is 12.4. The molecule has 7 heteroatoms. The van der Waals surface area contributed by atoms with Gasteiger partial charge in [-0.05, 0) is 61.7 Å². The minimum absolute atomic E-state index is 0. The molecule has 3 rings (SSSR count). The van der Waals surface area contributed by atoms with Crippen LogP contribution in [-0.4, -0.2) is 55.4 Å². The van der Waals surface area contributed by atoms with E-state index in [1.165, 1.54) is 49.9 Å². The number of amides is 1. The number of hydrogen-bond acceptors (Lipinski definition) is 3. The van der Waals surface area contributed by atoms with E-state index in [2.05, 4.69) is 46.7 Å². The minimum atomic E-state index is 0. The van der Waals surface area contributed by atoms with Crippen molar-refractivity contribution >= 4 is 35.8 Å². The normalized spacial score (nSPS) is 14.6. The second-order valence-electron chi connectivity index (χ2n) is 8.95. The first-order valence-corrected chi connectivity index (χ1v) is 12.2. The Hall–Kier alpha value is -2.13. The SMILES string of the molecule is CCNC(=NCc1ccc(C(=O)N(C)C)cc1)NCc1ccc(CN2CCCCCC2)cc1.I. The summed E-state index contributed by atoms with van der Waals surface area (Å²) in [4.78, 5) is 20.9. The first-order chi connectivity index (χ1) is 16.0. The Bertz CT molecular complexity index is 888. The number of likely N-dealkylation sites (tertiary alicyclic amines) is 1. The fraction of sp³-hybridized carbons (Fsp3) is 0.481. The first kappa shape index (κ1) is 28.1. The van der Waals surface area contributed by atoms with Gasteiger partial charge in [0.05, 0.1) is 6.54 Å². The van der Waals surface area contributed by atoms with Crippen molar-refractivity contribution in [1.82, 2.24) is 20.4 Å². The number of rotatable bonds is 8. The summed E-state index contributed by atoms with van der Waals surface area (Å²) in [5.74, 6) is 0.803. The zero-order chi connectivity index (χ0) is 23.5. The van der Waals surface area contributed by atoms with Crippen LogP contribution in [0.25, 0.3) is 0 Å². The molecule has 0 saturated carbocycles. The molecule has 1 aliphatic heterocycles. The van der Waals surface area contributed by atoms with Gasteiger partial charge in [0.25, 0.3) is 5.91 Å². The van der Waals surface area contributed by atoms with E-state index in [-0.39, 0.29) is 29.9 Å².